The summed E-state index contributed by atoms with van der Waals surface area (Å²) in [6.45, 7) is 15.0. The van der Waals surface area contributed by atoms with E-state index in [-0.39, 0.29) is 51.1 Å². The molecule has 0 saturated carbocycles. The number of hydrogen-bond acceptors (Lipinski definition) is 14. The molecule has 450 valence electrons. The summed E-state index contributed by atoms with van der Waals surface area (Å²) in [6, 6.07) is -3.72. The predicted octanol–water partition coefficient (Wildman–Crippen LogP) is -0.460. The molecule has 0 bridgehead atoms. The van der Waals surface area contributed by atoms with Crippen molar-refractivity contribution in [3.05, 3.63) is 54.1 Å². The number of aromatic nitrogens is 2. The summed E-state index contributed by atoms with van der Waals surface area (Å²) < 4.78 is 0. The third kappa shape index (κ3) is 18.8. The summed E-state index contributed by atoms with van der Waals surface area (Å²) in [5, 5.41) is 49.8. The van der Waals surface area contributed by atoms with Gasteiger partial charge in [-0.25, -0.2) is 9.78 Å². The van der Waals surface area contributed by atoms with E-state index in [1.54, 1.807) is 64.2 Å². The molecule has 3 heterocycles. The minimum Gasteiger partial charge on any atom is -0.480 e. The van der Waals surface area contributed by atoms with Gasteiger partial charge < -0.3 is 73.1 Å². The fourth-order valence-corrected chi connectivity index (χ4v) is 9.91. The Labute approximate surface area is 474 Å². The van der Waals surface area contributed by atoms with Gasteiger partial charge in [0.1, 0.15) is 54.4 Å². The maximum Gasteiger partial charge on any atom is 0.326 e. The van der Waals surface area contributed by atoms with E-state index in [2.05, 4.69) is 47.2 Å². The fourth-order valence-electron chi connectivity index (χ4n) is 9.91. The van der Waals surface area contributed by atoms with Crippen LogP contribution in [-0.2, 0) is 60.8 Å². The number of imidazole rings is 1. The molecule has 13 N–H and O–H groups in total. The van der Waals surface area contributed by atoms with E-state index in [1.807, 2.05) is 27.7 Å². The molecule has 14 atom stereocenters. The van der Waals surface area contributed by atoms with Crippen LogP contribution < -0.4 is 43.0 Å². The molecular weight excluding hydrogens is 1050 g/mol. The second-order valence-corrected chi connectivity index (χ2v) is 22.1. The van der Waals surface area contributed by atoms with Crippen molar-refractivity contribution in [2.75, 3.05) is 19.7 Å². The van der Waals surface area contributed by atoms with Gasteiger partial charge >= 0.3 is 5.97 Å². The van der Waals surface area contributed by atoms with Crippen molar-refractivity contribution in [3.63, 3.8) is 0 Å². The SMILES string of the molecule is CC[C@H](C)[C@H](NC(=O)[C@H](CC(C)C)NC(=O)[C@@H](NC(=O)[C@@H]1CCCN1C(=O)[C@@H](NC(=O)[C@@H]1CCCN1C(=O)[C@@H](NC(=O)[C@H](CO)NC(=O)[C@@H](N)Cc1c[nH]cn1)[C@@H](C)CC)[C@@H](C)O)[C@@H](C)CC)C(=O)N[C@@H](Cc1ccccc1)C(=O)O. The lowest BCUT2D eigenvalue weighted by Crippen LogP contribution is -2.62. The fraction of sp³-hybridized carbons (Fsp3) is 0.661. The topological polar surface area (TPSA) is 377 Å². The molecule has 2 fully saturated rings. The molecule has 0 spiro atoms. The van der Waals surface area contributed by atoms with Crippen LogP contribution in [0.5, 0.6) is 0 Å². The summed E-state index contributed by atoms with van der Waals surface area (Å²) in [6.07, 6.45) is 4.01. The number of carbonyl (C=O) groups is 10. The van der Waals surface area contributed by atoms with Gasteiger partial charge in [-0.3, -0.25) is 43.2 Å². The number of nitrogens with two attached hydrogens (primary N) is 1. The third-order valence-electron chi connectivity index (χ3n) is 15.5. The summed E-state index contributed by atoms with van der Waals surface area (Å²) >= 11 is 0. The van der Waals surface area contributed by atoms with E-state index in [9.17, 15) is 63.3 Å². The van der Waals surface area contributed by atoms with E-state index in [4.69, 9.17) is 5.73 Å². The summed E-state index contributed by atoms with van der Waals surface area (Å²) in [5.74, 6) is -9.38. The molecule has 1 aromatic heterocycles. The Morgan fingerprint density at radius 3 is 1.57 bits per heavy atom. The zero-order valence-electron chi connectivity index (χ0n) is 48.2. The summed E-state index contributed by atoms with van der Waals surface area (Å²) in [4.78, 5) is 148. The Bertz CT molecular complexity index is 2450. The number of nitrogens with zero attached hydrogens (tertiary/aromatic N) is 3. The van der Waals surface area contributed by atoms with E-state index in [1.165, 1.54) is 23.1 Å². The highest BCUT2D eigenvalue weighted by Crippen LogP contribution is 2.25. The van der Waals surface area contributed by atoms with E-state index >= 15 is 0 Å². The lowest BCUT2D eigenvalue weighted by atomic mass is 9.95. The number of hydrogen-bond donors (Lipinski definition) is 12. The van der Waals surface area contributed by atoms with Crippen LogP contribution in [0.2, 0.25) is 0 Å². The summed E-state index contributed by atoms with van der Waals surface area (Å²) in [7, 11) is 0. The number of carbonyl (C=O) groups excluding carboxylic acids is 9. The predicted molar refractivity (Wildman–Crippen MR) is 298 cm³/mol. The van der Waals surface area contributed by atoms with Crippen molar-refractivity contribution in [1.82, 2.24) is 57.0 Å². The van der Waals surface area contributed by atoms with Crippen LogP contribution in [0.4, 0.5) is 0 Å². The molecule has 25 heteroatoms. The smallest absolute Gasteiger partial charge is 0.326 e. The van der Waals surface area contributed by atoms with Gasteiger partial charge in [0.05, 0.1) is 30.8 Å². The third-order valence-corrected chi connectivity index (χ3v) is 15.5. The second kappa shape index (κ2) is 31.9. The summed E-state index contributed by atoms with van der Waals surface area (Å²) in [5.41, 5.74) is 7.22. The number of carboxylic acid groups (broad SMARTS) is 1. The molecule has 2 aliphatic rings. The highest BCUT2D eigenvalue weighted by Gasteiger charge is 2.45. The standard InChI is InChI=1S/C56H88N12O13/c1-10-31(6)43(53(77)61-39(56(80)81)25-35-18-14-13-15-19-35)63-48(72)38(24-30(4)5)60-52(76)44(32(7)11-2)64-50(74)41-20-17-23-68(41)55(79)46(34(9)70)66-51(75)42-21-16-22-67(42)54(78)45(33(8)12-3)65-49(73)40(28-69)62-47(71)37(57)26-36-27-58-29-59-36/h13-15,18-19,27,29-34,37-46,69-70H,10-12,16-17,20-26,28,57H2,1-9H3,(H,58,59)(H,60,76)(H,61,77)(H,62,71)(H,63,72)(H,64,74)(H,65,73)(H,66,75)(H,80,81)/t31-,32-,33-,34+,37-,38-,39-,40-,41-,42-,43-,44-,45-,46-/m0/s1. The number of H-pyrrole nitrogens is 1. The number of aliphatic hydroxyl groups excluding tert-OH is 2. The molecular formula is C56H88N12O13. The lowest BCUT2D eigenvalue weighted by Gasteiger charge is -2.34. The average Bonchev–Trinajstić information content (AvgIpc) is 4.36. The van der Waals surface area contributed by atoms with Crippen LogP contribution in [0.1, 0.15) is 125 Å². The number of aliphatic hydroxyl groups is 2. The number of benzene rings is 1. The van der Waals surface area contributed by atoms with Gasteiger partial charge in [0.15, 0.2) is 0 Å². The molecule has 2 aliphatic heterocycles. The minimum atomic E-state index is -1.58. The van der Waals surface area contributed by atoms with Gasteiger partial charge in [0.25, 0.3) is 0 Å². The quantitative estimate of drug-likeness (QED) is 0.0455. The van der Waals surface area contributed by atoms with Gasteiger partial charge in [0, 0.05) is 32.1 Å². The molecule has 2 saturated heterocycles. The molecule has 0 aliphatic carbocycles. The van der Waals surface area contributed by atoms with E-state index < -0.39 is 150 Å². The molecule has 0 unspecified atom stereocenters. The molecule has 81 heavy (non-hydrogen) atoms. The first-order valence-corrected chi connectivity index (χ1v) is 28.4. The first-order chi connectivity index (χ1) is 38.4. The van der Waals surface area contributed by atoms with Gasteiger partial charge in [-0.05, 0) is 68.3 Å². The van der Waals surface area contributed by atoms with Crippen molar-refractivity contribution >= 4 is 59.1 Å². The number of amides is 9. The Kier molecular flexibility index (Phi) is 26.2. The minimum absolute atomic E-state index is 0.00173. The number of rotatable bonds is 31. The first-order valence-electron chi connectivity index (χ1n) is 28.4. The van der Waals surface area contributed by atoms with E-state index in [0.29, 0.717) is 43.4 Å². The van der Waals surface area contributed by atoms with Gasteiger partial charge in [0.2, 0.25) is 53.2 Å². The Balaban J connectivity index is 1.46. The van der Waals surface area contributed by atoms with Gasteiger partial charge in [-0.15, -0.1) is 0 Å². The van der Waals surface area contributed by atoms with Crippen LogP contribution >= 0.6 is 0 Å². The Hall–Kier alpha value is -6.99. The monoisotopic (exact) mass is 1140 g/mol. The molecule has 0 radical (unpaired) electrons. The first kappa shape index (κ1) is 66.5. The van der Waals surface area contributed by atoms with E-state index in [0.717, 1.165) is 0 Å². The maximum atomic E-state index is 14.4. The number of likely N-dealkylation sites (tertiary alicyclic amines) is 2. The van der Waals surface area contributed by atoms with Crippen LogP contribution in [-0.4, -0.2) is 180 Å². The maximum absolute atomic E-state index is 14.4. The molecule has 9 amide bonds. The normalized spacial score (nSPS) is 19.7. The number of nitrogens with one attached hydrogen (secondary N) is 8. The highest BCUT2D eigenvalue weighted by atomic mass is 16.4. The second-order valence-electron chi connectivity index (χ2n) is 22.1. The Morgan fingerprint density at radius 2 is 1.09 bits per heavy atom. The lowest BCUT2D eigenvalue weighted by molar-refractivity contribution is -0.147. The van der Waals surface area contributed by atoms with Crippen molar-refractivity contribution < 1.29 is 63.3 Å². The molecule has 2 aromatic rings. The van der Waals surface area contributed by atoms with Crippen molar-refractivity contribution in [3.8, 4) is 0 Å². The average molecular weight is 1140 g/mol. The Morgan fingerprint density at radius 1 is 0.617 bits per heavy atom. The van der Waals surface area contributed by atoms with Gasteiger partial charge in [-0.2, -0.15) is 0 Å². The van der Waals surface area contributed by atoms with Crippen LogP contribution in [0.3, 0.4) is 0 Å². The zero-order valence-corrected chi connectivity index (χ0v) is 48.2. The van der Waals surface area contributed by atoms with Crippen molar-refractivity contribution in [1.29, 1.82) is 0 Å². The zero-order chi connectivity index (χ0) is 60.2. The molecule has 25 nitrogen and oxygen atoms in total. The number of carboxylic acids is 1. The molecule has 4 rings (SSSR count). The van der Waals surface area contributed by atoms with Crippen molar-refractivity contribution in [2.45, 2.75) is 193 Å². The van der Waals surface area contributed by atoms with Crippen LogP contribution in [0, 0.1) is 23.7 Å². The van der Waals surface area contributed by atoms with Gasteiger partial charge in [-0.1, -0.05) is 105 Å². The molecule has 1 aromatic carbocycles. The number of aliphatic carboxylic acids is 1. The number of aromatic amines is 1. The largest absolute Gasteiger partial charge is 0.480 e. The highest BCUT2D eigenvalue weighted by molar-refractivity contribution is 5.99. The van der Waals surface area contributed by atoms with Crippen LogP contribution in [0.25, 0.3) is 0 Å². The van der Waals surface area contributed by atoms with Crippen molar-refractivity contribution in [2.24, 2.45) is 29.4 Å². The van der Waals surface area contributed by atoms with Crippen LogP contribution in [0.15, 0.2) is 42.9 Å².